The number of nitrogens with one attached hydrogen (secondary N) is 1. The van der Waals surface area contributed by atoms with Crippen molar-refractivity contribution in [1.82, 2.24) is 10.2 Å². The number of aliphatic hydroxyl groups excluding tert-OH is 1. The average Bonchev–Trinajstić information content (AvgIpc) is 3.04. The fourth-order valence-corrected chi connectivity index (χ4v) is 3.47. The number of nitrogens with zero attached hydrogens (tertiary/aromatic N) is 1. The lowest BCUT2D eigenvalue weighted by Gasteiger charge is -2.18. The molecule has 2 aromatic rings. The van der Waals surface area contributed by atoms with Crippen LogP contribution >= 0.6 is 0 Å². The molecular weight excluding hydrogens is 328 g/mol. The molecule has 0 saturated carbocycles. The number of carbonyl (C=O) groups excluding carboxylic acids is 1. The number of benzene rings is 2. The third kappa shape index (κ3) is 4.84. The molecule has 1 heterocycles. The molecule has 0 radical (unpaired) electrons. The molecular formula is C21H26N2O3. The lowest BCUT2D eigenvalue weighted by molar-refractivity contribution is -0.121. The minimum absolute atomic E-state index is 0.0137. The number of hydrogen-bond acceptors (Lipinski definition) is 4. The van der Waals surface area contributed by atoms with Crippen molar-refractivity contribution in [2.24, 2.45) is 5.92 Å². The first kappa shape index (κ1) is 18.4. The molecule has 1 aliphatic heterocycles. The summed E-state index contributed by atoms with van der Waals surface area (Å²) in [4.78, 5) is 14.7. The Morgan fingerprint density at radius 2 is 1.85 bits per heavy atom. The van der Waals surface area contributed by atoms with Crippen molar-refractivity contribution < 1.29 is 14.6 Å². The molecule has 26 heavy (non-hydrogen) atoms. The average molecular weight is 354 g/mol. The standard InChI is InChI=1S/C21H26N2O3/c1-26-19-9-7-16(8-10-19)11-21(25)22-20-14-23(13-18(20)15-24)12-17-5-3-2-4-6-17/h2-10,18,20,24H,11-15H2,1H3,(H,22,25)/t18-,20+/m0/s1. The van der Waals surface area contributed by atoms with Gasteiger partial charge in [-0.15, -0.1) is 0 Å². The highest BCUT2D eigenvalue weighted by Crippen LogP contribution is 2.19. The van der Waals surface area contributed by atoms with Gasteiger partial charge in [0.05, 0.1) is 13.5 Å². The number of likely N-dealkylation sites (tertiary alicyclic amines) is 1. The van der Waals surface area contributed by atoms with Crippen molar-refractivity contribution in [2.75, 3.05) is 26.8 Å². The van der Waals surface area contributed by atoms with Crippen LogP contribution in [0.25, 0.3) is 0 Å². The summed E-state index contributed by atoms with van der Waals surface area (Å²) in [7, 11) is 1.62. The van der Waals surface area contributed by atoms with Gasteiger partial charge < -0.3 is 15.2 Å². The van der Waals surface area contributed by atoms with Crippen molar-refractivity contribution in [3.8, 4) is 5.75 Å². The number of methoxy groups -OCH3 is 1. The zero-order chi connectivity index (χ0) is 18.4. The van der Waals surface area contributed by atoms with Crippen LogP contribution in [-0.2, 0) is 17.8 Å². The fourth-order valence-electron chi connectivity index (χ4n) is 3.47. The van der Waals surface area contributed by atoms with E-state index >= 15 is 0 Å². The molecule has 3 rings (SSSR count). The topological polar surface area (TPSA) is 61.8 Å². The first-order valence-electron chi connectivity index (χ1n) is 8.97. The Labute approximate surface area is 154 Å². The van der Waals surface area contributed by atoms with Gasteiger partial charge in [-0.1, -0.05) is 42.5 Å². The van der Waals surface area contributed by atoms with Crippen LogP contribution in [0, 0.1) is 5.92 Å². The summed E-state index contributed by atoms with van der Waals surface area (Å²) in [5.41, 5.74) is 2.19. The van der Waals surface area contributed by atoms with Crippen LogP contribution in [0.3, 0.4) is 0 Å². The molecule has 0 spiro atoms. The number of carbonyl (C=O) groups is 1. The van der Waals surface area contributed by atoms with Crippen LogP contribution in [0.15, 0.2) is 54.6 Å². The molecule has 0 aliphatic carbocycles. The van der Waals surface area contributed by atoms with Gasteiger partial charge >= 0.3 is 0 Å². The highest BCUT2D eigenvalue weighted by molar-refractivity contribution is 5.79. The largest absolute Gasteiger partial charge is 0.497 e. The lowest BCUT2D eigenvalue weighted by Crippen LogP contribution is -2.42. The van der Waals surface area contributed by atoms with E-state index in [1.54, 1.807) is 7.11 Å². The van der Waals surface area contributed by atoms with E-state index in [2.05, 4.69) is 22.3 Å². The first-order valence-corrected chi connectivity index (χ1v) is 8.97. The smallest absolute Gasteiger partial charge is 0.224 e. The van der Waals surface area contributed by atoms with Gasteiger partial charge in [0.2, 0.25) is 5.91 Å². The lowest BCUT2D eigenvalue weighted by atomic mass is 10.0. The monoisotopic (exact) mass is 354 g/mol. The summed E-state index contributed by atoms with van der Waals surface area (Å²) in [5.74, 6) is 0.834. The molecule has 1 fully saturated rings. The Bertz CT molecular complexity index is 703. The molecule has 5 nitrogen and oxygen atoms in total. The Morgan fingerprint density at radius 1 is 1.12 bits per heavy atom. The summed E-state index contributed by atoms with van der Waals surface area (Å²) in [6, 6.07) is 17.8. The van der Waals surface area contributed by atoms with Crippen molar-refractivity contribution >= 4 is 5.91 Å². The third-order valence-electron chi connectivity index (χ3n) is 4.87. The Morgan fingerprint density at radius 3 is 2.50 bits per heavy atom. The molecule has 0 aromatic heterocycles. The quantitative estimate of drug-likeness (QED) is 0.797. The molecule has 2 N–H and O–H groups in total. The van der Waals surface area contributed by atoms with E-state index in [4.69, 9.17) is 4.74 Å². The normalized spacial score (nSPS) is 20.1. The number of rotatable bonds is 7. The third-order valence-corrected chi connectivity index (χ3v) is 4.87. The first-order chi connectivity index (χ1) is 12.7. The number of hydrogen-bond donors (Lipinski definition) is 2. The zero-order valence-corrected chi connectivity index (χ0v) is 15.1. The van der Waals surface area contributed by atoms with Gasteiger partial charge in [-0.25, -0.2) is 0 Å². The Kier molecular flexibility index (Phi) is 6.26. The summed E-state index contributed by atoms with van der Waals surface area (Å²) in [5, 5.41) is 12.8. The van der Waals surface area contributed by atoms with E-state index in [1.165, 1.54) is 5.56 Å². The van der Waals surface area contributed by atoms with E-state index in [-0.39, 0.29) is 24.5 Å². The number of aliphatic hydroxyl groups is 1. The van der Waals surface area contributed by atoms with Gasteiger partial charge in [-0.3, -0.25) is 9.69 Å². The minimum atomic E-state index is -0.0190. The van der Waals surface area contributed by atoms with E-state index in [0.29, 0.717) is 6.42 Å². The summed E-state index contributed by atoms with van der Waals surface area (Å²) >= 11 is 0. The minimum Gasteiger partial charge on any atom is -0.497 e. The predicted molar refractivity (Wildman–Crippen MR) is 101 cm³/mol. The van der Waals surface area contributed by atoms with Crippen LogP contribution in [0.5, 0.6) is 5.75 Å². The number of ether oxygens (including phenoxy) is 1. The SMILES string of the molecule is COc1ccc(CC(=O)N[C@@H]2CN(Cc3ccccc3)C[C@H]2CO)cc1. The van der Waals surface area contributed by atoms with Gasteiger partial charge in [0.15, 0.2) is 0 Å². The van der Waals surface area contributed by atoms with Crippen LogP contribution in [-0.4, -0.2) is 48.8 Å². The Balaban J connectivity index is 1.54. The fraction of sp³-hybridized carbons (Fsp3) is 0.381. The van der Waals surface area contributed by atoms with E-state index in [1.807, 2.05) is 42.5 Å². The van der Waals surface area contributed by atoms with Gasteiger partial charge in [-0.05, 0) is 23.3 Å². The van der Waals surface area contributed by atoms with E-state index in [0.717, 1.165) is 30.9 Å². The van der Waals surface area contributed by atoms with Gasteiger partial charge in [-0.2, -0.15) is 0 Å². The highest BCUT2D eigenvalue weighted by atomic mass is 16.5. The molecule has 0 bridgehead atoms. The van der Waals surface area contributed by atoms with Gasteiger partial charge in [0.25, 0.3) is 0 Å². The van der Waals surface area contributed by atoms with Crippen molar-refractivity contribution in [3.63, 3.8) is 0 Å². The zero-order valence-electron chi connectivity index (χ0n) is 15.1. The molecule has 2 atom stereocenters. The highest BCUT2D eigenvalue weighted by Gasteiger charge is 2.33. The maximum absolute atomic E-state index is 12.4. The maximum Gasteiger partial charge on any atom is 0.224 e. The Hall–Kier alpha value is -2.37. The van der Waals surface area contributed by atoms with Crippen LogP contribution in [0.1, 0.15) is 11.1 Å². The molecule has 1 aliphatic rings. The summed E-state index contributed by atoms with van der Waals surface area (Å²) < 4.78 is 5.14. The van der Waals surface area contributed by atoms with Crippen molar-refractivity contribution in [1.29, 1.82) is 0 Å². The summed E-state index contributed by atoms with van der Waals surface area (Å²) in [6.45, 7) is 2.47. The van der Waals surface area contributed by atoms with Crippen molar-refractivity contribution in [2.45, 2.75) is 19.0 Å². The summed E-state index contributed by atoms with van der Waals surface area (Å²) in [6.07, 6.45) is 0.331. The van der Waals surface area contributed by atoms with Crippen LogP contribution in [0.2, 0.25) is 0 Å². The number of amides is 1. The molecule has 2 aromatic carbocycles. The second-order valence-corrected chi connectivity index (χ2v) is 6.82. The van der Waals surface area contributed by atoms with Crippen LogP contribution in [0.4, 0.5) is 0 Å². The second kappa shape index (κ2) is 8.83. The van der Waals surface area contributed by atoms with Gasteiger partial charge in [0.1, 0.15) is 5.75 Å². The molecule has 1 amide bonds. The van der Waals surface area contributed by atoms with Crippen LogP contribution < -0.4 is 10.1 Å². The molecule has 0 unspecified atom stereocenters. The van der Waals surface area contributed by atoms with Crippen molar-refractivity contribution in [3.05, 3.63) is 65.7 Å². The molecule has 138 valence electrons. The maximum atomic E-state index is 12.4. The predicted octanol–water partition coefficient (Wildman–Crippen LogP) is 1.85. The van der Waals surface area contributed by atoms with E-state index < -0.39 is 0 Å². The van der Waals surface area contributed by atoms with Gasteiger partial charge in [0, 0.05) is 38.2 Å². The van der Waals surface area contributed by atoms with E-state index in [9.17, 15) is 9.90 Å². The second-order valence-electron chi connectivity index (χ2n) is 6.82. The molecule has 1 saturated heterocycles. The molecule has 5 heteroatoms.